The van der Waals surface area contributed by atoms with Gasteiger partial charge in [0.15, 0.2) is 0 Å². The third-order valence-electron chi connectivity index (χ3n) is 6.91. The van der Waals surface area contributed by atoms with Gasteiger partial charge in [0.2, 0.25) is 0 Å². The van der Waals surface area contributed by atoms with Gasteiger partial charge in [-0.15, -0.1) is 0 Å². The Kier molecular flexibility index (Phi) is 36.8. The zero-order chi connectivity index (χ0) is 40.5. The van der Waals surface area contributed by atoms with Gasteiger partial charge in [-0.25, -0.2) is 4.57 Å². The summed E-state index contributed by atoms with van der Waals surface area (Å²) in [6.45, 7) is 14.6. The predicted octanol–water partition coefficient (Wildman–Crippen LogP) is 4.17. The number of hydrogen-bond donors (Lipinski definition) is 2. The normalized spacial score (nSPS) is 11.5. The van der Waals surface area contributed by atoms with Crippen molar-refractivity contribution in [2.45, 2.75) is 19.8 Å². The highest BCUT2D eigenvalue weighted by Crippen LogP contribution is 2.35. The van der Waals surface area contributed by atoms with Crippen LogP contribution in [0.25, 0.3) is 0 Å². The Bertz CT molecular complexity index is 1110. The van der Waals surface area contributed by atoms with Gasteiger partial charge in [0, 0.05) is 0 Å². The number of rotatable bonds is 39. The summed E-state index contributed by atoms with van der Waals surface area (Å²) in [5, 5.41) is 0. The molecule has 2 aromatic rings. The van der Waals surface area contributed by atoms with Gasteiger partial charge >= 0.3 is 7.82 Å². The number of phosphoric acid groups is 1. The molecule has 16 nitrogen and oxygen atoms in total. The molecule has 0 aliphatic heterocycles. The molecular formula is C39H67O16P. The zero-order valence-electron chi connectivity index (χ0n) is 33.4. The van der Waals surface area contributed by atoms with Crippen LogP contribution in [0.4, 0.5) is 0 Å². The van der Waals surface area contributed by atoms with Crippen molar-refractivity contribution in [3.05, 3.63) is 66.2 Å². The minimum Gasteiger partial charge on any atom is -0.491 e. The Labute approximate surface area is 333 Å². The van der Waals surface area contributed by atoms with E-state index >= 15 is 0 Å². The molecule has 324 valence electrons. The molecule has 0 fully saturated rings. The Morgan fingerprint density at radius 2 is 0.643 bits per heavy atom. The van der Waals surface area contributed by atoms with Crippen molar-refractivity contribution in [1.82, 2.24) is 0 Å². The second kappa shape index (κ2) is 39.7. The van der Waals surface area contributed by atoms with Gasteiger partial charge in [-0.3, -0.25) is 4.52 Å². The van der Waals surface area contributed by atoms with Crippen molar-refractivity contribution >= 4 is 7.82 Å². The fourth-order valence-electron chi connectivity index (χ4n) is 4.09. The fraction of sp³-hybridized carbons (Fsp3) is 0.692. The Morgan fingerprint density at radius 1 is 0.393 bits per heavy atom. The molecule has 0 unspecified atom stereocenters. The van der Waals surface area contributed by atoms with Gasteiger partial charge in [-0.2, -0.15) is 0 Å². The first kappa shape index (κ1) is 51.9. The molecule has 2 aromatic carbocycles. The molecule has 0 aliphatic rings. The Hall–Kier alpha value is -2.09. The number of hydrogen-bond acceptors (Lipinski definition) is 14. The minimum atomic E-state index is -4.44. The van der Waals surface area contributed by atoms with Gasteiger partial charge < -0.3 is 66.6 Å². The third kappa shape index (κ3) is 38.8. The average molecular weight is 823 g/mol. The maximum Gasteiger partial charge on any atom is 0.469 e. The van der Waals surface area contributed by atoms with Gasteiger partial charge in [-0.1, -0.05) is 62.4 Å². The first-order valence-corrected chi connectivity index (χ1v) is 20.7. The van der Waals surface area contributed by atoms with Crippen molar-refractivity contribution in [1.29, 1.82) is 0 Å². The van der Waals surface area contributed by atoms with E-state index in [4.69, 9.17) is 66.6 Å². The van der Waals surface area contributed by atoms with Crippen LogP contribution >= 0.6 is 7.82 Å². The van der Waals surface area contributed by atoms with Gasteiger partial charge in [-0.05, 0) is 23.6 Å². The Balaban J connectivity index is 0.00000152. The van der Waals surface area contributed by atoms with Crippen molar-refractivity contribution in [3.8, 4) is 5.75 Å². The van der Waals surface area contributed by atoms with Crippen LogP contribution in [0.3, 0.4) is 0 Å². The van der Waals surface area contributed by atoms with E-state index in [1.165, 1.54) is 5.56 Å². The molecule has 0 bridgehead atoms. The Morgan fingerprint density at radius 3 is 0.893 bits per heavy atom. The molecule has 0 amide bonds. The predicted molar refractivity (Wildman–Crippen MR) is 209 cm³/mol. The van der Waals surface area contributed by atoms with E-state index < -0.39 is 7.82 Å². The lowest BCUT2D eigenvalue weighted by molar-refractivity contribution is -0.0280. The molecule has 0 aliphatic carbocycles. The van der Waals surface area contributed by atoms with E-state index in [1.54, 1.807) is 0 Å². The highest BCUT2D eigenvalue weighted by atomic mass is 31.2. The molecule has 56 heavy (non-hydrogen) atoms. The van der Waals surface area contributed by atoms with Crippen molar-refractivity contribution in [2.24, 2.45) is 0 Å². The summed E-state index contributed by atoms with van der Waals surface area (Å²) in [7, 11) is -4.44. The fourth-order valence-corrected chi connectivity index (χ4v) is 4.40. The molecule has 0 radical (unpaired) electrons. The van der Waals surface area contributed by atoms with E-state index in [1.807, 2.05) is 36.4 Å². The SMILES string of the molecule is CC(C)c1ccccc1.O=P(O)(O)OCCOCCOCCOCCOCCOCCOCCOCCOCCOCCOCCOCCOc1ccccc1. The van der Waals surface area contributed by atoms with Crippen molar-refractivity contribution in [3.63, 3.8) is 0 Å². The first-order valence-electron chi connectivity index (χ1n) is 19.2. The van der Waals surface area contributed by atoms with Gasteiger partial charge in [0.1, 0.15) is 12.4 Å². The largest absolute Gasteiger partial charge is 0.491 e. The van der Waals surface area contributed by atoms with Crippen LogP contribution < -0.4 is 4.74 Å². The lowest BCUT2D eigenvalue weighted by Crippen LogP contribution is -2.15. The number of benzene rings is 2. The van der Waals surface area contributed by atoms with E-state index in [-0.39, 0.29) is 13.2 Å². The van der Waals surface area contributed by atoms with Crippen LogP contribution in [0.15, 0.2) is 60.7 Å². The number of phosphoric ester groups is 1. The minimum absolute atomic E-state index is 0.0767. The maximum absolute atomic E-state index is 10.5. The summed E-state index contributed by atoms with van der Waals surface area (Å²) in [4.78, 5) is 17.0. The zero-order valence-corrected chi connectivity index (χ0v) is 34.3. The van der Waals surface area contributed by atoms with Crippen molar-refractivity contribution < 1.29 is 75.7 Å². The summed E-state index contributed by atoms with van der Waals surface area (Å²) in [6.07, 6.45) is 0. The van der Waals surface area contributed by atoms with E-state index in [2.05, 4.69) is 42.6 Å². The third-order valence-corrected chi connectivity index (χ3v) is 7.43. The molecule has 17 heteroatoms. The maximum atomic E-state index is 10.5. The topological polar surface area (TPSA) is 178 Å². The second-order valence-corrected chi connectivity index (χ2v) is 13.0. The van der Waals surface area contributed by atoms with E-state index in [0.717, 1.165) is 5.75 Å². The molecular weight excluding hydrogens is 755 g/mol. The summed E-state index contributed by atoms with van der Waals surface area (Å²) in [6, 6.07) is 20.2. The first-order chi connectivity index (χ1) is 27.4. The smallest absolute Gasteiger partial charge is 0.469 e. The molecule has 0 saturated carbocycles. The molecule has 0 heterocycles. The van der Waals surface area contributed by atoms with E-state index in [9.17, 15) is 4.57 Å². The van der Waals surface area contributed by atoms with Crippen LogP contribution in [0, 0.1) is 0 Å². The highest BCUT2D eigenvalue weighted by Gasteiger charge is 2.12. The summed E-state index contributed by atoms with van der Waals surface area (Å²) in [5.41, 5.74) is 1.41. The summed E-state index contributed by atoms with van der Waals surface area (Å²) < 4.78 is 79.7. The molecule has 0 saturated heterocycles. The standard InChI is InChI=1S/C30H55O16P.C9H12/c31-47(32,33)46-29-27-44-25-23-42-21-19-40-17-15-38-13-11-36-9-7-34-6-8-35-10-12-37-14-16-39-18-20-41-22-24-43-26-28-45-30-4-2-1-3-5-30;1-8(2)9-6-4-3-5-7-9/h1-5H,6-29H2,(H2,31,32,33);3-8H,1-2H3. The molecule has 0 atom stereocenters. The van der Waals surface area contributed by atoms with E-state index in [0.29, 0.717) is 151 Å². The van der Waals surface area contributed by atoms with Crippen LogP contribution in [0.5, 0.6) is 5.75 Å². The second-order valence-electron chi connectivity index (χ2n) is 11.8. The highest BCUT2D eigenvalue weighted by molar-refractivity contribution is 7.46. The average Bonchev–Trinajstić information content (AvgIpc) is 3.19. The molecule has 2 rings (SSSR count). The van der Waals surface area contributed by atoms with Gasteiger partial charge in [0.05, 0.1) is 152 Å². The molecule has 2 N–H and O–H groups in total. The number of para-hydroxylation sites is 1. The number of ether oxygens (including phenoxy) is 12. The van der Waals surface area contributed by atoms with Gasteiger partial charge in [0.25, 0.3) is 0 Å². The quantitative estimate of drug-likeness (QED) is 0.0725. The lowest BCUT2D eigenvalue weighted by atomic mass is 10.0. The lowest BCUT2D eigenvalue weighted by Gasteiger charge is -2.09. The molecule has 0 spiro atoms. The summed E-state index contributed by atoms with van der Waals surface area (Å²) >= 11 is 0. The van der Waals surface area contributed by atoms with Crippen LogP contribution in [0.1, 0.15) is 25.3 Å². The van der Waals surface area contributed by atoms with Crippen LogP contribution in [-0.4, -0.2) is 168 Å². The summed E-state index contributed by atoms with van der Waals surface area (Å²) in [5.74, 6) is 1.49. The molecule has 0 aromatic heterocycles. The van der Waals surface area contributed by atoms with Crippen LogP contribution in [-0.2, 0) is 61.2 Å². The monoisotopic (exact) mass is 822 g/mol. The van der Waals surface area contributed by atoms with Crippen molar-refractivity contribution in [2.75, 3.05) is 159 Å². The van der Waals surface area contributed by atoms with Crippen LogP contribution in [0.2, 0.25) is 0 Å².